The van der Waals surface area contributed by atoms with Gasteiger partial charge >= 0.3 is 0 Å². The summed E-state index contributed by atoms with van der Waals surface area (Å²) in [5, 5.41) is 0. The van der Waals surface area contributed by atoms with Crippen LogP contribution in [0.4, 0.5) is 0 Å². The molecule has 0 aliphatic heterocycles. The van der Waals surface area contributed by atoms with Gasteiger partial charge < -0.3 is 0 Å². The Morgan fingerprint density at radius 1 is 1.54 bits per heavy atom. The molecule has 0 heterocycles. The number of hydrogen-bond acceptors (Lipinski definition) is 1. The van der Waals surface area contributed by atoms with Gasteiger partial charge in [0.1, 0.15) is 0 Å². The number of benzene rings is 1. The molecule has 70 valence electrons. The summed E-state index contributed by atoms with van der Waals surface area (Å²) in [7, 11) is 0. The van der Waals surface area contributed by atoms with Gasteiger partial charge in [0.05, 0.1) is 0 Å². The van der Waals surface area contributed by atoms with Crippen molar-refractivity contribution in [1.82, 2.24) is 0 Å². The Morgan fingerprint density at radius 3 is 2.77 bits per heavy atom. The summed E-state index contributed by atoms with van der Waals surface area (Å²) in [6.45, 7) is 1.85. The summed E-state index contributed by atoms with van der Waals surface area (Å²) < 4.78 is 0.915. The van der Waals surface area contributed by atoms with Crippen molar-refractivity contribution in [1.29, 1.82) is 0 Å². The molecular weight excluding hydrogens is 251 g/mol. The molecule has 0 N–H and O–H groups in total. The van der Waals surface area contributed by atoms with Gasteiger partial charge in [-0.25, -0.2) is 0 Å². The predicted molar refractivity (Wildman–Crippen MR) is 58.3 cm³/mol. The molecule has 0 spiro atoms. The standard InChI is InChI=1S/C10H10BrClO/c1-2-10(13)9-5-8(11)4-3-7(9)6-12/h3-5H,2,6H2,1H3. The lowest BCUT2D eigenvalue weighted by Crippen LogP contribution is -2.00. The van der Waals surface area contributed by atoms with Gasteiger partial charge in [0.25, 0.3) is 0 Å². The maximum atomic E-state index is 11.5. The van der Waals surface area contributed by atoms with E-state index < -0.39 is 0 Å². The van der Waals surface area contributed by atoms with Crippen molar-refractivity contribution in [3.05, 3.63) is 33.8 Å². The Bertz CT molecular complexity index is 323. The highest BCUT2D eigenvalue weighted by Gasteiger charge is 2.08. The van der Waals surface area contributed by atoms with Crippen LogP contribution >= 0.6 is 27.5 Å². The number of alkyl halides is 1. The molecule has 0 saturated carbocycles. The third-order valence-electron chi connectivity index (χ3n) is 1.84. The van der Waals surface area contributed by atoms with E-state index in [1.54, 1.807) is 0 Å². The summed E-state index contributed by atoms with van der Waals surface area (Å²) in [4.78, 5) is 11.5. The quantitative estimate of drug-likeness (QED) is 0.598. The van der Waals surface area contributed by atoms with Gasteiger partial charge in [-0.2, -0.15) is 0 Å². The van der Waals surface area contributed by atoms with E-state index in [1.165, 1.54) is 0 Å². The average molecular weight is 262 g/mol. The molecule has 3 heteroatoms. The first kappa shape index (κ1) is 10.7. The molecule has 0 radical (unpaired) electrons. The molecule has 0 aliphatic carbocycles. The van der Waals surface area contributed by atoms with Crippen molar-refractivity contribution < 1.29 is 4.79 Å². The smallest absolute Gasteiger partial charge is 0.162 e. The minimum absolute atomic E-state index is 0.136. The van der Waals surface area contributed by atoms with Crippen molar-refractivity contribution in [2.24, 2.45) is 0 Å². The second-order valence-electron chi connectivity index (χ2n) is 2.71. The Kier molecular flexibility index (Phi) is 3.94. The third-order valence-corrected chi connectivity index (χ3v) is 2.62. The van der Waals surface area contributed by atoms with Gasteiger partial charge in [-0.1, -0.05) is 28.9 Å². The molecule has 13 heavy (non-hydrogen) atoms. The Balaban J connectivity index is 3.15. The average Bonchev–Trinajstić information content (AvgIpc) is 2.16. The van der Waals surface area contributed by atoms with Crippen LogP contribution in [-0.4, -0.2) is 5.78 Å². The molecule has 0 amide bonds. The van der Waals surface area contributed by atoms with E-state index in [0.29, 0.717) is 12.3 Å². The van der Waals surface area contributed by atoms with Crippen LogP contribution < -0.4 is 0 Å². The number of hydrogen-bond donors (Lipinski definition) is 0. The largest absolute Gasteiger partial charge is 0.294 e. The molecule has 1 aromatic rings. The maximum Gasteiger partial charge on any atom is 0.162 e. The highest BCUT2D eigenvalue weighted by molar-refractivity contribution is 9.10. The highest BCUT2D eigenvalue weighted by atomic mass is 79.9. The van der Waals surface area contributed by atoms with E-state index in [9.17, 15) is 4.79 Å². The van der Waals surface area contributed by atoms with Gasteiger partial charge in [-0.3, -0.25) is 4.79 Å². The van der Waals surface area contributed by atoms with Gasteiger partial charge in [-0.15, -0.1) is 11.6 Å². The van der Waals surface area contributed by atoms with Crippen LogP contribution in [-0.2, 0) is 5.88 Å². The molecule has 0 unspecified atom stereocenters. The summed E-state index contributed by atoms with van der Waals surface area (Å²) in [5.41, 5.74) is 1.63. The number of carbonyl (C=O) groups is 1. The first-order chi connectivity index (χ1) is 6.19. The summed E-state index contributed by atoms with van der Waals surface area (Å²) in [5.74, 6) is 0.519. The molecule has 0 saturated heterocycles. The number of Topliss-reactive ketones (excluding diaryl/α,β-unsaturated/α-hetero) is 1. The molecular formula is C10H10BrClO. The first-order valence-corrected chi connectivity index (χ1v) is 5.39. The van der Waals surface area contributed by atoms with Crippen LogP contribution in [0.3, 0.4) is 0 Å². The van der Waals surface area contributed by atoms with Gasteiger partial charge in [-0.05, 0) is 17.7 Å². The second kappa shape index (κ2) is 4.77. The van der Waals surface area contributed by atoms with E-state index in [2.05, 4.69) is 15.9 Å². The van der Waals surface area contributed by atoms with Crippen LogP contribution in [0.15, 0.2) is 22.7 Å². The number of ketones is 1. The summed E-state index contributed by atoms with van der Waals surface area (Å²) in [6, 6.07) is 5.59. The van der Waals surface area contributed by atoms with Crippen molar-refractivity contribution >= 4 is 33.3 Å². The Morgan fingerprint density at radius 2 is 2.23 bits per heavy atom. The lowest BCUT2D eigenvalue weighted by atomic mass is 10.0. The topological polar surface area (TPSA) is 17.1 Å². The fourth-order valence-electron chi connectivity index (χ4n) is 1.12. The minimum atomic E-state index is 0.136. The van der Waals surface area contributed by atoms with Crippen LogP contribution in [0.5, 0.6) is 0 Å². The van der Waals surface area contributed by atoms with Gasteiger partial charge in [0.2, 0.25) is 0 Å². The SMILES string of the molecule is CCC(=O)c1cc(Br)ccc1CCl. The predicted octanol–water partition coefficient (Wildman–Crippen LogP) is 3.78. The zero-order valence-electron chi connectivity index (χ0n) is 7.31. The van der Waals surface area contributed by atoms with E-state index in [-0.39, 0.29) is 5.78 Å². The fraction of sp³-hybridized carbons (Fsp3) is 0.300. The summed E-state index contributed by atoms with van der Waals surface area (Å²) in [6.07, 6.45) is 0.514. The van der Waals surface area contributed by atoms with Crippen molar-refractivity contribution in [2.45, 2.75) is 19.2 Å². The van der Waals surface area contributed by atoms with E-state index in [0.717, 1.165) is 15.6 Å². The van der Waals surface area contributed by atoms with Crippen molar-refractivity contribution in [3.8, 4) is 0 Å². The molecule has 0 aromatic heterocycles. The van der Waals surface area contributed by atoms with Crippen molar-refractivity contribution in [3.63, 3.8) is 0 Å². The number of carbonyl (C=O) groups excluding carboxylic acids is 1. The Labute approximate surface area is 91.2 Å². The minimum Gasteiger partial charge on any atom is -0.294 e. The number of halogens is 2. The van der Waals surface area contributed by atoms with E-state index in [1.807, 2.05) is 25.1 Å². The zero-order valence-corrected chi connectivity index (χ0v) is 9.65. The molecule has 1 aromatic carbocycles. The molecule has 1 nitrogen and oxygen atoms in total. The Hall–Kier alpha value is -0.340. The van der Waals surface area contributed by atoms with Crippen LogP contribution in [0.1, 0.15) is 29.3 Å². The highest BCUT2D eigenvalue weighted by Crippen LogP contribution is 2.19. The van der Waals surface area contributed by atoms with E-state index in [4.69, 9.17) is 11.6 Å². The maximum absolute atomic E-state index is 11.5. The van der Waals surface area contributed by atoms with Gasteiger partial charge in [0.15, 0.2) is 5.78 Å². The normalized spacial score (nSPS) is 10.1. The fourth-order valence-corrected chi connectivity index (χ4v) is 1.71. The summed E-state index contributed by atoms with van der Waals surface area (Å²) >= 11 is 9.05. The monoisotopic (exact) mass is 260 g/mol. The van der Waals surface area contributed by atoms with Crippen LogP contribution in [0, 0.1) is 0 Å². The molecule has 0 atom stereocenters. The zero-order chi connectivity index (χ0) is 9.84. The third kappa shape index (κ3) is 2.55. The lowest BCUT2D eigenvalue weighted by Gasteiger charge is -2.04. The molecule has 0 bridgehead atoms. The number of rotatable bonds is 3. The first-order valence-electron chi connectivity index (χ1n) is 4.06. The second-order valence-corrected chi connectivity index (χ2v) is 3.89. The van der Waals surface area contributed by atoms with E-state index >= 15 is 0 Å². The van der Waals surface area contributed by atoms with Crippen LogP contribution in [0.2, 0.25) is 0 Å². The van der Waals surface area contributed by atoms with Crippen molar-refractivity contribution in [2.75, 3.05) is 0 Å². The van der Waals surface area contributed by atoms with Crippen LogP contribution in [0.25, 0.3) is 0 Å². The lowest BCUT2D eigenvalue weighted by molar-refractivity contribution is 0.0987. The molecule has 1 rings (SSSR count). The van der Waals surface area contributed by atoms with Gasteiger partial charge in [0, 0.05) is 22.3 Å². The molecule has 0 aliphatic rings. The molecule has 0 fully saturated rings.